The van der Waals surface area contributed by atoms with Crippen molar-refractivity contribution < 1.29 is 28.8 Å². The van der Waals surface area contributed by atoms with Crippen LogP contribution in [0.2, 0.25) is 0 Å². The number of hydrogen-bond acceptors (Lipinski definition) is 7. The quantitative estimate of drug-likeness (QED) is 0.237. The molecule has 0 radical (unpaired) electrons. The highest BCUT2D eigenvalue weighted by atomic mass is 16.6. The summed E-state index contributed by atoms with van der Waals surface area (Å²) in [7, 11) is 0. The van der Waals surface area contributed by atoms with E-state index in [1.54, 1.807) is 12.1 Å². The monoisotopic (exact) mass is 423 g/mol. The fourth-order valence-electron chi connectivity index (χ4n) is 3.62. The molecule has 2 aromatic rings. The smallest absolute Gasteiger partial charge is 0.316 e. The second kappa shape index (κ2) is 7.98. The Kier molecular flexibility index (Phi) is 5.20. The molecule has 2 aliphatic rings. The van der Waals surface area contributed by atoms with E-state index in [0.29, 0.717) is 11.4 Å². The number of nitro benzene ring substituents is 1. The third kappa shape index (κ3) is 4.00. The Morgan fingerprint density at radius 1 is 0.968 bits per heavy atom. The lowest BCUT2D eigenvalue weighted by Gasteiger charge is -2.17. The Labute approximate surface area is 176 Å². The summed E-state index contributed by atoms with van der Waals surface area (Å²) in [6.07, 6.45) is 0.232. The van der Waals surface area contributed by atoms with Crippen LogP contribution < -0.4 is 14.5 Å². The van der Waals surface area contributed by atoms with Gasteiger partial charge in [-0.05, 0) is 24.3 Å². The fourth-order valence-corrected chi connectivity index (χ4v) is 3.62. The summed E-state index contributed by atoms with van der Waals surface area (Å²) in [5, 5.41) is 10.8. The van der Waals surface area contributed by atoms with Crippen molar-refractivity contribution in [3.05, 3.63) is 58.6 Å². The predicted octanol–water partition coefficient (Wildman–Crippen LogP) is 2.21. The highest BCUT2D eigenvalue weighted by Gasteiger charge is 2.37. The van der Waals surface area contributed by atoms with Crippen LogP contribution >= 0.6 is 0 Å². The van der Waals surface area contributed by atoms with Crippen LogP contribution in [0.4, 0.5) is 17.1 Å². The van der Waals surface area contributed by atoms with Crippen molar-refractivity contribution in [3.63, 3.8) is 0 Å². The van der Waals surface area contributed by atoms with Gasteiger partial charge in [-0.15, -0.1) is 0 Å². The summed E-state index contributed by atoms with van der Waals surface area (Å²) in [4.78, 5) is 61.5. The normalized spacial score (nSPS) is 18.6. The van der Waals surface area contributed by atoms with E-state index in [-0.39, 0.29) is 55.0 Å². The number of non-ortho nitro benzene ring substituents is 1. The lowest BCUT2D eigenvalue weighted by atomic mass is 10.1. The van der Waals surface area contributed by atoms with Crippen molar-refractivity contribution in [2.24, 2.45) is 5.92 Å². The van der Waals surface area contributed by atoms with Crippen LogP contribution in [0, 0.1) is 16.0 Å². The maximum absolute atomic E-state index is 12.6. The van der Waals surface area contributed by atoms with Gasteiger partial charge in [0.05, 0.1) is 16.5 Å². The number of anilines is 2. The first-order valence-corrected chi connectivity index (χ1v) is 9.56. The van der Waals surface area contributed by atoms with Gasteiger partial charge in [0.25, 0.3) is 5.69 Å². The maximum atomic E-state index is 12.6. The van der Waals surface area contributed by atoms with Crippen LogP contribution in [-0.4, -0.2) is 35.2 Å². The molecule has 0 bridgehead atoms. The number of nitrogens with zero attached hydrogens (tertiary/aromatic N) is 3. The van der Waals surface area contributed by atoms with Gasteiger partial charge in [-0.1, -0.05) is 6.07 Å². The van der Waals surface area contributed by atoms with Gasteiger partial charge in [0.2, 0.25) is 17.7 Å². The van der Waals surface area contributed by atoms with Crippen molar-refractivity contribution in [1.29, 1.82) is 0 Å². The molecule has 2 saturated heterocycles. The second-order valence-electron chi connectivity index (χ2n) is 7.22. The summed E-state index contributed by atoms with van der Waals surface area (Å²) in [5.41, 5.74) is 0.688. The van der Waals surface area contributed by atoms with Gasteiger partial charge in [-0.2, -0.15) is 0 Å². The van der Waals surface area contributed by atoms with E-state index in [2.05, 4.69) is 0 Å². The van der Waals surface area contributed by atoms with E-state index >= 15 is 0 Å². The molecule has 3 amide bonds. The van der Waals surface area contributed by atoms with Gasteiger partial charge >= 0.3 is 5.97 Å². The first kappa shape index (κ1) is 20.2. The molecule has 0 aromatic heterocycles. The van der Waals surface area contributed by atoms with Crippen LogP contribution in [-0.2, 0) is 19.2 Å². The Balaban J connectivity index is 1.44. The van der Waals surface area contributed by atoms with E-state index in [1.807, 2.05) is 0 Å². The van der Waals surface area contributed by atoms with Gasteiger partial charge in [0.15, 0.2) is 0 Å². The maximum Gasteiger partial charge on any atom is 0.316 e. The standard InChI is InChI=1S/C21H17N3O7/c25-18-8-9-19(26)23(18)16-2-1-3-17(11-16)31-21(28)13-10-20(27)22(12-13)14-4-6-15(7-5-14)24(29)30/h1-7,11,13H,8-10,12H2/t13-/m0/s1. The molecule has 0 aliphatic carbocycles. The van der Waals surface area contributed by atoms with Crippen molar-refractivity contribution in [2.45, 2.75) is 19.3 Å². The number of amides is 3. The summed E-state index contributed by atoms with van der Waals surface area (Å²) in [5.74, 6) is -2.09. The number of nitro groups is 1. The minimum atomic E-state index is -0.721. The zero-order valence-corrected chi connectivity index (χ0v) is 16.2. The molecule has 31 heavy (non-hydrogen) atoms. The van der Waals surface area contributed by atoms with Gasteiger partial charge < -0.3 is 9.64 Å². The number of carbonyl (C=O) groups is 4. The number of carbonyl (C=O) groups excluding carboxylic acids is 4. The minimum absolute atomic E-state index is 0.0569. The summed E-state index contributed by atoms with van der Waals surface area (Å²) in [6.45, 7) is 0.0816. The summed E-state index contributed by atoms with van der Waals surface area (Å²) >= 11 is 0. The molecule has 158 valence electrons. The number of rotatable bonds is 5. The largest absolute Gasteiger partial charge is 0.426 e. The van der Waals surface area contributed by atoms with Crippen LogP contribution in [0.15, 0.2) is 48.5 Å². The highest BCUT2D eigenvalue weighted by Crippen LogP contribution is 2.30. The molecule has 2 aliphatic heterocycles. The zero-order chi connectivity index (χ0) is 22.1. The Morgan fingerprint density at radius 2 is 1.65 bits per heavy atom. The first-order valence-electron chi connectivity index (χ1n) is 9.56. The van der Waals surface area contributed by atoms with Crippen molar-refractivity contribution >= 4 is 40.8 Å². The van der Waals surface area contributed by atoms with Crippen molar-refractivity contribution in [2.75, 3.05) is 16.3 Å². The number of imide groups is 1. The number of benzene rings is 2. The van der Waals surface area contributed by atoms with E-state index < -0.39 is 16.8 Å². The Morgan fingerprint density at radius 3 is 2.29 bits per heavy atom. The van der Waals surface area contributed by atoms with E-state index in [9.17, 15) is 29.3 Å². The molecule has 0 saturated carbocycles. The molecule has 2 aromatic carbocycles. The topological polar surface area (TPSA) is 127 Å². The number of ether oxygens (including phenoxy) is 1. The molecular formula is C21H17N3O7. The second-order valence-corrected chi connectivity index (χ2v) is 7.22. The molecule has 4 rings (SSSR count). The lowest BCUT2D eigenvalue weighted by Crippen LogP contribution is -2.29. The van der Waals surface area contributed by atoms with Gasteiger partial charge in [-0.3, -0.25) is 34.2 Å². The van der Waals surface area contributed by atoms with Crippen LogP contribution in [0.25, 0.3) is 0 Å². The summed E-state index contributed by atoms with van der Waals surface area (Å²) in [6, 6.07) is 11.6. The third-order valence-corrected chi connectivity index (χ3v) is 5.18. The average molecular weight is 423 g/mol. The fraction of sp³-hybridized carbons (Fsp3) is 0.238. The lowest BCUT2D eigenvalue weighted by molar-refractivity contribution is -0.384. The molecule has 0 spiro atoms. The Hall–Kier alpha value is -4.08. The molecule has 0 N–H and O–H groups in total. The van der Waals surface area contributed by atoms with Crippen molar-refractivity contribution in [1.82, 2.24) is 0 Å². The third-order valence-electron chi connectivity index (χ3n) is 5.18. The molecule has 10 nitrogen and oxygen atoms in total. The highest BCUT2D eigenvalue weighted by molar-refractivity contribution is 6.19. The van der Waals surface area contributed by atoms with Gasteiger partial charge in [0.1, 0.15) is 5.75 Å². The predicted molar refractivity (Wildman–Crippen MR) is 107 cm³/mol. The number of hydrogen-bond donors (Lipinski definition) is 0. The summed E-state index contributed by atoms with van der Waals surface area (Å²) < 4.78 is 5.40. The van der Waals surface area contributed by atoms with Crippen molar-refractivity contribution in [3.8, 4) is 5.75 Å². The molecule has 0 unspecified atom stereocenters. The van der Waals surface area contributed by atoms with Crippen LogP contribution in [0.5, 0.6) is 5.75 Å². The minimum Gasteiger partial charge on any atom is -0.426 e. The zero-order valence-electron chi connectivity index (χ0n) is 16.2. The van der Waals surface area contributed by atoms with E-state index in [1.165, 1.54) is 41.3 Å². The van der Waals surface area contributed by atoms with Crippen LogP contribution in [0.3, 0.4) is 0 Å². The molecule has 2 fully saturated rings. The molecule has 1 atom stereocenters. The molecule has 2 heterocycles. The SMILES string of the molecule is O=C(Oc1cccc(N2C(=O)CCC2=O)c1)[C@H]1CC(=O)N(c2ccc([N+](=O)[O-])cc2)C1. The number of esters is 1. The van der Waals surface area contributed by atoms with Gasteiger partial charge in [0, 0.05) is 49.7 Å². The van der Waals surface area contributed by atoms with Gasteiger partial charge in [-0.25, -0.2) is 0 Å². The molecule has 10 heteroatoms. The molecular weight excluding hydrogens is 406 g/mol. The van der Waals surface area contributed by atoms with E-state index in [4.69, 9.17) is 4.74 Å². The van der Waals surface area contributed by atoms with Crippen LogP contribution in [0.1, 0.15) is 19.3 Å². The first-order chi connectivity index (χ1) is 14.8. The Bertz CT molecular complexity index is 1080. The average Bonchev–Trinajstić information content (AvgIpc) is 3.30. The van der Waals surface area contributed by atoms with E-state index in [0.717, 1.165) is 4.90 Å².